The van der Waals surface area contributed by atoms with Gasteiger partial charge in [0.05, 0.1) is 30.6 Å². The van der Waals surface area contributed by atoms with E-state index in [0.29, 0.717) is 30.4 Å². The lowest BCUT2D eigenvalue weighted by Crippen LogP contribution is -2.39. The van der Waals surface area contributed by atoms with Crippen LogP contribution in [0.1, 0.15) is 11.7 Å². The fourth-order valence-corrected chi connectivity index (χ4v) is 2.52. The highest BCUT2D eigenvalue weighted by atomic mass is 35.5. The quantitative estimate of drug-likeness (QED) is 0.873. The van der Waals surface area contributed by atoms with Gasteiger partial charge in [-0.3, -0.25) is 9.58 Å². The summed E-state index contributed by atoms with van der Waals surface area (Å²) in [5.41, 5.74) is 0.636. The minimum atomic E-state index is -0.855. The molecule has 0 radical (unpaired) electrons. The van der Waals surface area contributed by atoms with Crippen molar-refractivity contribution in [3.8, 4) is 0 Å². The Morgan fingerprint density at radius 1 is 1.33 bits per heavy atom. The highest BCUT2D eigenvalue weighted by Gasteiger charge is 2.23. The molecule has 3 rings (SSSR count). The first-order chi connectivity index (χ1) is 10.1. The largest absolute Gasteiger partial charge is 0.371 e. The van der Waals surface area contributed by atoms with Gasteiger partial charge in [-0.05, 0) is 17.7 Å². The van der Waals surface area contributed by atoms with E-state index in [0.717, 1.165) is 12.6 Å². The first-order valence-corrected chi connectivity index (χ1v) is 6.96. The van der Waals surface area contributed by atoms with Crippen LogP contribution in [0.15, 0.2) is 30.6 Å². The van der Waals surface area contributed by atoms with Gasteiger partial charge in [0, 0.05) is 19.3 Å². The van der Waals surface area contributed by atoms with E-state index in [4.69, 9.17) is 16.3 Å². The highest BCUT2D eigenvalue weighted by Crippen LogP contribution is 2.24. The average Bonchev–Trinajstić information content (AvgIpc) is 2.87. The molecule has 1 fully saturated rings. The van der Waals surface area contributed by atoms with E-state index in [-0.39, 0.29) is 6.10 Å². The number of halogens is 3. The van der Waals surface area contributed by atoms with Gasteiger partial charge in [0.1, 0.15) is 0 Å². The van der Waals surface area contributed by atoms with Gasteiger partial charge >= 0.3 is 0 Å². The van der Waals surface area contributed by atoms with Gasteiger partial charge in [-0.1, -0.05) is 17.7 Å². The van der Waals surface area contributed by atoms with E-state index in [9.17, 15) is 8.78 Å². The van der Waals surface area contributed by atoms with Crippen molar-refractivity contribution >= 4 is 11.6 Å². The molecule has 21 heavy (non-hydrogen) atoms. The molecule has 0 unspecified atom stereocenters. The van der Waals surface area contributed by atoms with Crippen LogP contribution in [0.4, 0.5) is 8.78 Å². The van der Waals surface area contributed by atoms with E-state index in [1.54, 1.807) is 23.1 Å². The standard InChI is InChI=1S/C14H14ClF2N3O/c15-11-6-18-20(7-11)9-19-3-4-21-14(8-19)10-1-2-12(16)13(17)5-10/h1-2,5-7,14H,3-4,8-9H2/t14-/m1/s1. The van der Waals surface area contributed by atoms with Gasteiger partial charge in [-0.25, -0.2) is 8.78 Å². The molecule has 2 heterocycles. The summed E-state index contributed by atoms with van der Waals surface area (Å²) in [6.07, 6.45) is 3.04. The Balaban J connectivity index is 1.68. The van der Waals surface area contributed by atoms with Crippen molar-refractivity contribution in [3.63, 3.8) is 0 Å². The molecule has 2 aromatic rings. The molecule has 1 saturated heterocycles. The van der Waals surface area contributed by atoms with Crippen LogP contribution in [-0.2, 0) is 11.4 Å². The van der Waals surface area contributed by atoms with Gasteiger partial charge < -0.3 is 4.74 Å². The van der Waals surface area contributed by atoms with Crippen molar-refractivity contribution in [2.45, 2.75) is 12.8 Å². The summed E-state index contributed by atoms with van der Waals surface area (Å²) >= 11 is 5.83. The third-order valence-electron chi connectivity index (χ3n) is 3.41. The molecule has 4 nitrogen and oxygen atoms in total. The summed E-state index contributed by atoms with van der Waals surface area (Å²) in [6, 6.07) is 3.87. The minimum Gasteiger partial charge on any atom is -0.371 e. The molecule has 1 aromatic heterocycles. The zero-order valence-corrected chi connectivity index (χ0v) is 11.9. The Morgan fingerprint density at radius 2 is 2.19 bits per heavy atom. The number of aromatic nitrogens is 2. The van der Waals surface area contributed by atoms with Gasteiger partial charge in [0.15, 0.2) is 11.6 Å². The van der Waals surface area contributed by atoms with E-state index < -0.39 is 11.6 Å². The lowest BCUT2D eigenvalue weighted by molar-refractivity contribution is -0.0418. The van der Waals surface area contributed by atoms with Gasteiger partial charge in [0.2, 0.25) is 0 Å². The fraction of sp³-hybridized carbons (Fsp3) is 0.357. The summed E-state index contributed by atoms with van der Waals surface area (Å²) in [7, 11) is 0. The smallest absolute Gasteiger partial charge is 0.159 e. The van der Waals surface area contributed by atoms with Gasteiger partial charge in [-0.15, -0.1) is 0 Å². The van der Waals surface area contributed by atoms with Crippen LogP contribution in [0.2, 0.25) is 5.02 Å². The van der Waals surface area contributed by atoms with Crippen LogP contribution < -0.4 is 0 Å². The lowest BCUT2D eigenvalue weighted by atomic mass is 10.1. The molecule has 0 saturated carbocycles. The molecule has 1 aromatic carbocycles. The summed E-state index contributed by atoms with van der Waals surface area (Å²) in [5, 5.41) is 4.71. The molecule has 1 aliphatic rings. The van der Waals surface area contributed by atoms with Crippen LogP contribution >= 0.6 is 11.6 Å². The Bertz CT molecular complexity index is 634. The van der Waals surface area contributed by atoms with Crippen molar-refractivity contribution < 1.29 is 13.5 Å². The second-order valence-electron chi connectivity index (χ2n) is 4.95. The number of morpholine rings is 1. The van der Waals surface area contributed by atoms with Crippen LogP contribution in [0, 0.1) is 11.6 Å². The Kier molecular flexibility index (Phi) is 4.19. The van der Waals surface area contributed by atoms with Crippen molar-refractivity contribution in [1.82, 2.24) is 14.7 Å². The predicted molar refractivity (Wildman–Crippen MR) is 73.9 cm³/mol. The molecule has 1 atom stereocenters. The number of nitrogens with zero attached hydrogens (tertiary/aromatic N) is 3. The zero-order chi connectivity index (χ0) is 14.8. The summed E-state index contributed by atoms with van der Waals surface area (Å²) in [6.45, 7) is 2.44. The second kappa shape index (κ2) is 6.09. The number of ether oxygens (including phenoxy) is 1. The lowest BCUT2D eigenvalue weighted by Gasteiger charge is -2.33. The molecular weight excluding hydrogens is 300 g/mol. The zero-order valence-electron chi connectivity index (χ0n) is 11.2. The van der Waals surface area contributed by atoms with Crippen molar-refractivity contribution in [1.29, 1.82) is 0 Å². The van der Waals surface area contributed by atoms with Crippen molar-refractivity contribution in [2.24, 2.45) is 0 Å². The van der Waals surface area contributed by atoms with Crippen molar-refractivity contribution in [2.75, 3.05) is 19.7 Å². The van der Waals surface area contributed by atoms with E-state index in [1.807, 2.05) is 0 Å². The molecule has 0 amide bonds. The van der Waals surface area contributed by atoms with Gasteiger partial charge in [-0.2, -0.15) is 5.10 Å². The number of hydrogen-bond donors (Lipinski definition) is 0. The van der Waals surface area contributed by atoms with Crippen LogP contribution in [0.3, 0.4) is 0 Å². The maximum atomic E-state index is 13.3. The van der Waals surface area contributed by atoms with E-state index >= 15 is 0 Å². The third-order valence-corrected chi connectivity index (χ3v) is 3.61. The Labute approximate surface area is 125 Å². The highest BCUT2D eigenvalue weighted by molar-refractivity contribution is 6.30. The molecule has 1 aliphatic heterocycles. The fourth-order valence-electron chi connectivity index (χ4n) is 2.37. The number of hydrogen-bond acceptors (Lipinski definition) is 3. The molecule has 0 N–H and O–H groups in total. The normalized spacial score (nSPS) is 19.9. The number of rotatable bonds is 3. The molecule has 0 bridgehead atoms. The summed E-state index contributed by atoms with van der Waals surface area (Å²) in [4.78, 5) is 2.12. The second-order valence-corrected chi connectivity index (χ2v) is 5.39. The monoisotopic (exact) mass is 313 g/mol. The first kappa shape index (κ1) is 14.4. The SMILES string of the molecule is Fc1ccc([C@H]2CN(Cn3cc(Cl)cn3)CCO2)cc1F. The summed E-state index contributed by atoms with van der Waals surface area (Å²) in [5.74, 6) is -1.70. The first-order valence-electron chi connectivity index (χ1n) is 6.58. The topological polar surface area (TPSA) is 30.3 Å². The summed E-state index contributed by atoms with van der Waals surface area (Å²) < 4.78 is 33.7. The predicted octanol–water partition coefficient (Wildman–Crippen LogP) is 2.85. The molecule has 7 heteroatoms. The van der Waals surface area contributed by atoms with Crippen LogP contribution in [0.25, 0.3) is 0 Å². The Hall–Kier alpha value is -1.50. The maximum Gasteiger partial charge on any atom is 0.159 e. The van der Waals surface area contributed by atoms with Gasteiger partial charge in [0.25, 0.3) is 0 Å². The third kappa shape index (κ3) is 3.40. The molecule has 0 spiro atoms. The maximum absolute atomic E-state index is 13.3. The molecular formula is C14H14ClF2N3O. The van der Waals surface area contributed by atoms with Crippen LogP contribution in [-0.4, -0.2) is 34.4 Å². The Morgan fingerprint density at radius 3 is 2.90 bits per heavy atom. The number of benzene rings is 1. The minimum absolute atomic E-state index is 0.278. The van der Waals surface area contributed by atoms with E-state index in [1.165, 1.54) is 6.07 Å². The molecule has 0 aliphatic carbocycles. The molecule has 112 valence electrons. The van der Waals surface area contributed by atoms with Crippen LogP contribution in [0.5, 0.6) is 0 Å². The average molecular weight is 314 g/mol. The van der Waals surface area contributed by atoms with E-state index in [2.05, 4.69) is 10.00 Å². The van der Waals surface area contributed by atoms with Crippen molar-refractivity contribution in [3.05, 3.63) is 52.8 Å².